The number of amides is 2. The van der Waals surface area contributed by atoms with Gasteiger partial charge in [-0.05, 0) is 18.9 Å². The Hall–Kier alpha value is -2.68. The van der Waals surface area contributed by atoms with Gasteiger partial charge in [-0.1, -0.05) is 0 Å². The number of nitro benzene ring substituents is 1. The molecule has 2 aliphatic rings. The molecule has 0 unspecified atom stereocenters. The van der Waals surface area contributed by atoms with Crippen LogP contribution in [-0.2, 0) is 9.59 Å². The molecule has 1 saturated heterocycles. The predicted molar refractivity (Wildman–Crippen MR) is 84.7 cm³/mol. The van der Waals surface area contributed by atoms with E-state index in [1.165, 1.54) is 23.1 Å². The molecule has 1 aromatic rings. The average molecular weight is 334 g/mol. The number of carbonyl (C=O) groups is 2. The van der Waals surface area contributed by atoms with E-state index in [0.717, 1.165) is 12.8 Å². The fraction of sp³-hybridized carbons (Fsp3) is 0.467. The van der Waals surface area contributed by atoms with E-state index in [2.05, 4.69) is 0 Å². The van der Waals surface area contributed by atoms with Crippen LogP contribution in [0.4, 0.5) is 11.4 Å². The molecule has 2 amide bonds. The molecule has 0 bridgehead atoms. The van der Waals surface area contributed by atoms with Gasteiger partial charge in [-0.2, -0.15) is 0 Å². The Labute approximate surface area is 138 Å². The van der Waals surface area contributed by atoms with Crippen molar-refractivity contribution in [2.24, 2.45) is 5.73 Å². The van der Waals surface area contributed by atoms with E-state index >= 15 is 0 Å². The van der Waals surface area contributed by atoms with E-state index in [0.29, 0.717) is 18.8 Å². The minimum absolute atomic E-state index is 0.0995. The topological polar surface area (TPSA) is 119 Å². The monoisotopic (exact) mass is 334 g/mol. The van der Waals surface area contributed by atoms with Crippen molar-refractivity contribution < 1.29 is 19.2 Å². The lowest BCUT2D eigenvalue weighted by Gasteiger charge is -2.33. The van der Waals surface area contributed by atoms with E-state index < -0.39 is 10.8 Å². The molecule has 24 heavy (non-hydrogen) atoms. The molecule has 1 aromatic carbocycles. The first-order chi connectivity index (χ1) is 11.5. The number of rotatable bonds is 3. The molecule has 2 heterocycles. The van der Waals surface area contributed by atoms with Crippen LogP contribution in [0.2, 0.25) is 0 Å². The lowest BCUT2D eigenvalue weighted by molar-refractivity contribution is -0.384. The molecular formula is C15H18N4O5. The van der Waals surface area contributed by atoms with Gasteiger partial charge in [-0.3, -0.25) is 24.6 Å². The maximum atomic E-state index is 12.5. The average Bonchev–Trinajstić information content (AvgIpc) is 2.57. The van der Waals surface area contributed by atoms with Crippen LogP contribution in [0.1, 0.15) is 12.8 Å². The summed E-state index contributed by atoms with van der Waals surface area (Å²) in [7, 11) is 0. The Kier molecular flexibility index (Phi) is 4.34. The Morgan fingerprint density at radius 2 is 2.08 bits per heavy atom. The second-order valence-corrected chi connectivity index (χ2v) is 5.90. The maximum Gasteiger partial charge on any atom is 0.271 e. The molecule has 3 rings (SSSR count). The maximum absolute atomic E-state index is 12.5. The normalized spacial score (nSPS) is 18.1. The summed E-state index contributed by atoms with van der Waals surface area (Å²) in [5.74, 6) is -0.242. The lowest BCUT2D eigenvalue weighted by Crippen LogP contribution is -2.49. The number of fused-ring (bicyclic) bond motifs is 1. The fourth-order valence-corrected chi connectivity index (χ4v) is 2.86. The molecular weight excluding hydrogens is 316 g/mol. The summed E-state index contributed by atoms with van der Waals surface area (Å²) < 4.78 is 5.29. The van der Waals surface area contributed by atoms with Gasteiger partial charge in [0.1, 0.15) is 12.3 Å². The number of nitrogens with two attached hydrogens (primary N) is 1. The largest absolute Gasteiger partial charge is 0.482 e. The first kappa shape index (κ1) is 16.2. The summed E-state index contributed by atoms with van der Waals surface area (Å²) >= 11 is 0. The molecule has 128 valence electrons. The number of ether oxygens (including phenoxy) is 1. The fourth-order valence-electron chi connectivity index (χ4n) is 2.86. The minimum atomic E-state index is -0.550. The van der Waals surface area contributed by atoms with Crippen LogP contribution in [0.25, 0.3) is 0 Å². The number of anilines is 1. The molecule has 0 radical (unpaired) electrons. The number of hydrogen-bond acceptors (Lipinski definition) is 6. The zero-order chi connectivity index (χ0) is 17.3. The Morgan fingerprint density at radius 3 is 2.75 bits per heavy atom. The van der Waals surface area contributed by atoms with Gasteiger partial charge >= 0.3 is 0 Å². The Morgan fingerprint density at radius 1 is 1.38 bits per heavy atom. The first-order valence-corrected chi connectivity index (χ1v) is 7.70. The van der Waals surface area contributed by atoms with Crippen molar-refractivity contribution in [2.45, 2.75) is 18.9 Å². The van der Waals surface area contributed by atoms with Gasteiger partial charge in [-0.25, -0.2) is 0 Å². The Balaban J connectivity index is 1.80. The highest BCUT2D eigenvalue weighted by molar-refractivity contribution is 6.02. The number of nitrogens with zero attached hydrogens (tertiary/aromatic N) is 3. The van der Waals surface area contributed by atoms with Crippen LogP contribution in [0.15, 0.2) is 18.2 Å². The number of hydrogen-bond donors (Lipinski definition) is 1. The van der Waals surface area contributed by atoms with E-state index in [9.17, 15) is 19.7 Å². The van der Waals surface area contributed by atoms with Crippen LogP contribution in [-0.4, -0.2) is 53.9 Å². The van der Waals surface area contributed by atoms with Gasteiger partial charge in [0.15, 0.2) is 6.61 Å². The molecule has 9 nitrogen and oxygen atoms in total. The summed E-state index contributed by atoms with van der Waals surface area (Å²) in [6.45, 7) is 0.759. The predicted octanol–water partition coefficient (Wildman–Crippen LogP) is 0.270. The lowest BCUT2D eigenvalue weighted by atomic mass is 10.1. The highest BCUT2D eigenvalue weighted by Crippen LogP contribution is 2.35. The number of piperidine rings is 1. The second kappa shape index (κ2) is 6.44. The smallest absolute Gasteiger partial charge is 0.271 e. The molecule has 0 spiro atoms. The van der Waals surface area contributed by atoms with E-state index in [4.69, 9.17) is 10.5 Å². The summed E-state index contributed by atoms with van der Waals surface area (Å²) in [5.41, 5.74) is 5.92. The number of non-ortho nitro benzene ring substituents is 1. The molecule has 0 aromatic heterocycles. The molecule has 0 saturated carbocycles. The molecule has 2 aliphatic heterocycles. The number of carbonyl (C=O) groups excluding carboxylic acids is 2. The van der Waals surface area contributed by atoms with Crippen molar-refractivity contribution >= 4 is 23.2 Å². The minimum Gasteiger partial charge on any atom is -0.482 e. The van der Waals surface area contributed by atoms with Gasteiger partial charge in [0.2, 0.25) is 5.91 Å². The van der Waals surface area contributed by atoms with Crippen molar-refractivity contribution in [1.29, 1.82) is 0 Å². The molecule has 0 aliphatic carbocycles. The quantitative estimate of drug-likeness (QED) is 0.626. The number of likely N-dealkylation sites (tertiary alicyclic amines) is 1. The highest BCUT2D eigenvalue weighted by atomic mass is 16.6. The highest BCUT2D eigenvalue weighted by Gasteiger charge is 2.31. The Bertz CT molecular complexity index is 684. The summed E-state index contributed by atoms with van der Waals surface area (Å²) in [6.07, 6.45) is 1.45. The second-order valence-electron chi connectivity index (χ2n) is 5.90. The van der Waals surface area contributed by atoms with Crippen LogP contribution in [0.3, 0.4) is 0 Å². The van der Waals surface area contributed by atoms with Gasteiger partial charge in [0.05, 0.1) is 10.6 Å². The third-order valence-electron chi connectivity index (χ3n) is 4.28. The standard InChI is InChI=1S/C15H18N4O5/c16-10-3-5-17(6-4-10)14(20)8-18-12-7-11(19(22)23)1-2-13(12)24-9-15(18)21/h1-2,7,10H,3-6,8-9,16H2. The first-order valence-electron chi connectivity index (χ1n) is 7.70. The van der Waals surface area contributed by atoms with Crippen molar-refractivity contribution in [3.05, 3.63) is 28.3 Å². The molecule has 9 heteroatoms. The van der Waals surface area contributed by atoms with Gasteiger partial charge in [0, 0.05) is 31.3 Å². The van der Waals surface area contributed by atoms with Crippen LogP contribution < -0.4 is 15.4 Å². The summed E-state index contributed by atoms with van der Waals surface area (Å²) in [6, 6.07) is 4.10. The van der Waals surface area contributed by atoms with Gasteiger partial charge in [-0.15, -0.1) is 0 Å². The van der Waals surface area contributed by atoms with Gasteiger partial charge < -0.3 is 15.4 Å². The zero-order valence-corrected chi connectivity index (χ0v) is 13.0. The summed E-state index contributed by atoms with van der Waals surface area (Å²) in [4.78, 5) is 37.9. The van der Waals surface area contributed by atoms with Crippen molar-refractivity contribution in [3.8, 4) is 5.75 Å². The summed E-state index contributed by atoms with van der Waals surface area (Å²) in [5, 5.41) is 10.9. The van der Waals surface area contributed by atoms with E-state index in [1.54, 1.807) is 4.90 Å². The number of nitro groups is 1. The molecule has 2 N–H and O–H groups in total. The van der Waals surface area contributed by atoms with Crippen molar-refractivity contribution in [3.63, 3.8) is 0 Å². The van der Waals surface area contributed by atoms with Crippen LogP contribution in [0.5, 0.6) is 5.75 Å². The van der Waals surface area contributed by atoms with Crippen LogP contribution >= 0.6 is 0 Å². The SMILES string of the molecule is NC1CCN(C(=O)CN2C(=O)COc3ccc([N+](=O)[O-])cc32)CC1. The zero-order valence-electron chi connectivity index (χ0n) is 13.0. The van der Waals surface area contributed by atoms with E-state index in [1.807, 2.05) is 0 Å². The third-order valence-corrected chi connectivity index (χ3v) is 4.28. The van der Waals surface area contributed by atoms with Crippen molar-refractivity contribution in [1.82, 2.24) is 4.90 Å². The van der Waals surface area contributed by atoms with E-state index in [-0.39, 0.29) is 36.5 Å². The molecule has 0 atom stereocenters. The van der Waals surface area contributed by atoms with Gasteiger partial charge in [0.25, 0.3) is 11.6 Å². The van der Waals surface area contributed by atoms with Crippen LogP contribution in [0, 0.1) is 10.1 Å². The van der Waals surface area contributed by atoms with Crippen molar-refractivity contribution in [2.75, 3.05) is 31.1 Å². The third kappa shape index (κ3) is 3.16. The number of benzene rings is 1. The molecule has 1 fully saturated rings.